The fourth-order valence-corrected chi connectivity index (χ4v) is 6.77. The van der Waals surface area contributed by atoms with Gasteiger partial charge in [0.1, 0.15) is 5.75 Å². The summed E-state index contributed by atoms with van der Waals surface area (Å²) in [4.78, 5) is 53.7. The maximum Gasteiger partial charge on any atom is 0.343 e. The van der Waals surface area contributed by atoms with Gasteiger partial charge in [0.2, 0.25) is 11.8 Å². The van der Waals surface area contributed by atoms with Crippen molar-refractivity contribution >= 4 is 40.0 Å². The minimum Gasteiger partial charge on any atom is -0.421 e. The van der Waals surface area contributed by atoms with Gasteiger partial charge in [-0.3, -0.25) is 14.4 Å². The van der Waals surface area contributed by atoms with Crippen molar-refractivity contribution in [2.45, 2.75) is 13.3 Å². The number of amides is 2. The van der Waals surface area contributed by atoms with Crippen LogP contribution < -0.4 is 9.64 Å². The average molecular weight is 478 g/mol. The van der Waals surface area contributed by atoms with Gasteiger partial charge in [0, 0.05) is 5.39 Å². The molecule has 2 bridgehead atoms. The fourth-order valence-electron chi connectivity index (χ4n) is 6.77. The minimum absolute atomic E-state index is 0.135. The van der Waals surface area contributed by atoms with Crippen molar-refractivity contribution in [3.8, 4) is 5.75 Å². The molecule has 1 aliphatic heterocycles. The van der Waals surface area contributed by atoms with E-state index in [2.05, 4.69) is 12.2 Å². The number of carbonyl (C=O) groups is 4. The standard InChI is InChI=1S/C30H23NO5/c1-15(32)19-10-9-16-5-2-3-8-20(16)27(19)36-30(35)17-6-4-7-18(13-17)31-28(33)25-21-11-12-22(24-14-23(21)24)26(25)29(31)34/h2-13,21-26H,14H2,1H3/t21-,22-,23-,24-,25+,26+/m1/s1. The molecule has 6 nitrogen and oxygen atoms in total. The molecule has 36 heavy (non-hydrogen) atoms. The van der Waals surface area contributed by atoms with Crippen LogP contribution in [-0.2, 0) is 9.59 Å². The molecular formula is C30H23NO5. The number of ether oxygens (including phenoxy) is 1. The van der Waals surface area contributed by atoms with E-state index in [1.54, 1.807) is 30.3 Å². The van der Waals surface area contributed by atoms with Crippen molar-refractivity contribution < 1.29 is 23.9 Å². The maximum absolute atomic E-state index is 13.5. The lowest BCUT2D eigenvalue weighted by atomic mass is 9.63. The van der Waals surface area contributed by atoms with E-state index in [4.69, 9.17) is 4.74 Å². The zero-order valence-electron chi connectivity index (χ0n) is 19.6. The zero-order chi connectivity index (χ0) is 24.7. The molecule has 0 radical (unpaired) electrons. The predicted molar refractivity (Wildman–Crippen MR) is 133 cm³/mol. The maximum atomic E-state index is 13.5. The SMILES string of the molecule is CC(=O)c1ccc2ccccc2c1OC(=O)c1cccc(N2C(=O)[C@H]3[C@@H]4C=C[C@H]([C@H]5C[C@H]45)[C@@H]3C2=O)c1. The van der Waals surface area contributed by atoms with Gasteiger partial charge < -0.3 is 4.74 Å². The monoisotopic (exact) mass is 477 g/mol. The average Bonchev–Trinajstić information content (AvgIpc) is 3.67. The number of fused-ring (bicyclic) bond motifs is 1. The normalized spacial score (nSPS) is 29.3. The van der Waals surface area contributed by atoms with Crippen LogP contribution in [0.4, 0.5) is 5.69 Å². The second kappa shape index (κ2) is 7.47. The summed E-state index contributed by atoms with van der Waals surface area (Å²) in [5.74, 6) is -0.303. The van der Waals surface area contributed by atoms with E-state index in [1.807, 2.05) is 24.3 Å². The molecule has 178 valence electrons. The minimum atomic E-state index is -0.657. The Labute approximate surface area is 207 Å². The van der Waals surface area contributed by atoms with Crippen LogP contribution in [0.15, 0.2) is 72.8 Å². The van der Waals surface area contributed by atoms with Gasteiger partial charge in [-0.25, -0.2) is 9.69 Å². The van der Waals surface area contributed by atoms with Crippen LogP contribution in [0.2, 0.25) is 0 Å². The number of ketones is 1. The Morgan fingerprint density at radius 3 is 2.25 bits per heavy atom. The van der Waals surface area contributed by atoms with Crippen LogP contribution in [0, 0.1) is 35.5 Å². The fraction of sp³-hybridized carbons (Fsp3) is 0.267. The van der Waals surface area contributed by atoms with E-state index in [9.17, 15) is 19.2 Å². The molecule has 1 saturated heterocycles. The zero-order valence-corrected chi connectivity index (χ0v) is 19.6. The van der Waals surface area contributed by atoms with Gasteiger partial charge in [-0.05, 0) is 66.7 Å². The number of esters is 1. The van der Waals surface area contributed by atoms with Gasteiger partial charge in [-0.1, -0.05) is 48.6 Å². The third-order valence-corrected chi connectivity index (χ3v) is 8.46. The van der Waals surface area contributed by atoms with E-state index >= 15 is 0 Å². The molecule has 8 rings (SSSR count). The lowest BCUT2D eigenvalue weighted by Gasteiger charge is -2.37. The first kappa shape index (κ1) is 21.2. The Morgan fingerprint density at radius 2 is 1.56 bits per heavy atom. The third-order valence-electron chi connectivity index (χ3n) is 8.46. The summed E-state index contributed by atoms with van der Waals surface area (Å²) in [6.07, 6.45) is 5.38. The summed E-state index contributed by atoms with van der Waals surface area (Å²) >= 11 is 0. The number of anilines is 1. The van der Waals surface area contributed by atoms with Crippen LogP contribution in [-0.4, -0.2) is 23.6 Å². The number of carbonyl (C=O) groups excluding carboxylic acids is 4. The molecule has 1 heterocycles. The number of hydrogen-bond donors (Lipinski definition) is 0. The highest BCUT2D eigenvalue weighted by atomic mass is 16.5. The van der Waals surface area contributed by atoms with Crippen molar-refractivity contribution in [3.63, 3.8) is 0 Å². The lowest BCUT2D eigenvalue weighted by molar-refractivity contribution is -0.124. The van der Waals surface area contributed by atoms with Gasteiger partial charge in [0.15, 0.2) is 5.78 Å². The van der Waals surface area contributed by atoms with E-state index in [0.29, 0.717) is 28.5 Å². The number of nitrogens with zero attached hydrogens (tertiary/aromatic N) is 1. The number of rotatable bonds is 4. The Bertz CT molecular complexity index is 1500. The Balaban J connectivity index is 1.21. The number of Topliss-reactive ketones (excluding diaryl/α,β-unsaturated/α-hetero) is 1. The van der Waals surface area contributed by atoms with Gasteiger partial charge in [0.25, 0.3) is 0 Å². The van der Waals surface area contributed by atoms with Crippen LogP contribution in [0.3, 0.4) is 0 Å². The topological polar surface area (TPSA) is 80.8 Å². The number of hydrogen-bond acceptors (Lipinski definition) is 5. The smallest absolute Gasteiger partial charge is 0.343 e. The molecule has 0 spiro atoms. The largest absolute Gasteiger partial charge is 0.421 e. The third kappa shape index (κ3) is 2.90. The molecule has 2 amide bonds. The second-order valence-electron chi connectivity index (χ2n) is 10.3. The summed E-state index contributed by atoms with van der Waals surface area (Å²) in [5, 5.41) is 1.50. The summed E-state index contributed by atoms with van der Waals surface area (Å²) in [5.41, 5.74) is 0.898. The summed E-state index contributed by atoms with van der Waals surface area (Å²) in [6.45, 7) is 1.43. The molecule has 3 fully saturated rings. The predicted octanol–water partition coefficient (Wildman–Crippen LogP) is 4.82. The first-order valence-corrected chi connectivity index (χ1v) is 12.3. The summed E-state index contributed by atoms with van der Waals surface area (Å²) < 4.78 is 5.78. The van der Waals surface area contributed by atoms with Crippen molar-refractivity contribution in [2.24, 2.45) is 35.5 Å². The molecule has 4 aliphatic carbocycles. The quantitative estimate of drug-likeness (QED) is 0.177. The molecule has 0 unspecified atom stereocenters. The first-order valence-electron chi connectivity index (χ1n) is 12.3. The van der Waals surface area contributed by atoms with Gasteiger partial charge in [-0.2, -0.15) is 0 Å². The van der Waals surface area contributed by atoms with Crippen LogP contribution in [0.25, 0.3) is 10.8 Å². The van der Waals surface area contributed by atoms with E-state index in [1.165, 1.54) is 17.9 Å². The molecule has 6 heteroatoms. The second-order valence-corrected chi connectivity index (χ2v) is 10.3. The van der Waals surface area contributed by atoms with Crippen LogP contribution in [0.5, 0.6) is 5.75 Å². The van der Waals surface area contributed by atoms with E-state index in [-0.39, 0.29) is 52.6 Å². The highest BCUT2D eigenvalue weighted by Gasteiger charge is 2.67. The molecule has 0 N–H and O–H groups in total. The number of allylic oxidation sites excluding steroid dienone is 2. The van der Waals surface area contributed by atoms with Gasteiger partial charge >= 0.3 is 5.97 Å². The Morgan fingerprint density at radius 1 is 0.861 bits per heavy atom. The summed E-state index contributed by atoms with van der Waals surface area (Å²) in [7, 11) is 0. The van der Waals surface area contributed by atoms with Gasteiger partial charge in [-0.15, -0.1) is 0 Å². The van der Waals surface area contributed by atoms with Crippen molar-refractivity contribution in [1.29, 1.82) is 0 Å². The molecule has 0 aromatic heterocycles. The molecular weight excluding hydrogens is 454 g/mol. The Kier molecular flexibility index (Phi) is 4.41. The van der Waals surface area contributed by atoms with Crippen molar-refractivity contribution in [3.05, 3.63) is 83.9 Å². The van der Waals surface area contributed by atoms with Gasteiger partial charge in [0.05, 0.1) is 28.7 Å². The van der Waals surface area contributed by atoms with E-state index < -0.39 is 5.97 Å². The molecule has 5 aliphatic rings. The molecule has 2 saturated carbocycles. The lowest BCUT2D eigenvalue weighted by Crippen LogP contribution is -2.40. The van der Waals surface area contributed by atoms with E-state index in [0.717, 1.165) is 11.8 Å². The molecule has 3 aromatic carbocycles. The molecule has 3 aromatic rings. The summed E-state index contributed by atoms with van der Waals surface area (Å²) in [6, 6.07) is 17.3. The number of imide groups is 1. The van der Waals surface area contributed by atoms with Crippen LogP contribution in [0.1, 0.15) is 34.1 Å². The molecule has 6 atom stereocenters. The van der Waals surface area contributed by atoms with Crippen molar-refractivity contribution in [1.82, 2.24) is 0 Å². The highest BCUT2D eigenvalue weighted by Crippen LogP contribution is 2.65. The highest BCUT2D eigenvalue weighted by molar-refractivity contribution is 6.23. The Hall–Kier alpha value is -4.06. The number of benzene rings is 3. The van der Waals surface area contributed by atoms with Crippen molar-refractivity contribution in [2.75, 3.05) is 4.90 Å². The first-order chi connectivity index (χ1) is 17.4. The van der Waals surface area contributed by atoms with Crippen LogP contribution >= 0.6 is 0 Å².